The summed E-state index contributed by atoms with van der Waals surface area (Å²) >= 11 is 0. The van der Waals surface area contributed by atoms with E-state index in [0.29, 0.717) is 19.4 Å². The van der Waals surface area contributed by atoms with Crippen LogP contribution in [-0.2, 0) is 9.59 Å². The van der Waals surface area contributed by atoms with E-state index in [9.17, 15) is 9.59 Å². The van der Waals surface area contributed by atoms with Gasteiger partial charge in [0.1, 0.15) is 5.78 Å². The topological polar surface area (TPSA) is 72.2 Å². The Hall–Kier alpha value is -0.900. The van der Waals surface area contributed by atoms with Crippen molar-refractivity contribution in [3.05, 3.63) is 0 Å². The predicted molar refractivity (Wildman–Crippen MR) is 60.4 cm³/mol. The van der Waals surface area contributed by atoms with E-state index in [1.807, 2.05) is 6.92 Å². The number of unbranched alkanes of at least 4 members (excludes halogenated alkanes) is 1. The van der Waals surface area contributed by atoms with Crippen LogP contribution in [-0.4, -0.2) is 24.3 Å². The van der Waals surface area contributed by atoms with Crippen LogP contribution in [0.1, 0.15) is 46.0 Å². The van der Waals surface area contributed by atoms with Gasteiger partial charge in [-0.2, -0.15) is 0 Å². The summed E-state index contributed by atoms with van der Waals surface area (Å²) in [4.78, 5) is 21.9. The largest absolute Gasteiger partial charge is 0.356 e. The van der Waals surface area contributed by atoms with Crippen LogP contribution in [0.25, 0.3) is 0 Å². The molecule has 0 radical (unpaired) electrons. The molecule has 3 N–H and O–H groups in total. The maximum atomic E-state index is 11.1. The van der Waals surface area contributed by atoms with E-state index in [-0.39, 0.29) is 17.7 Å². The first-order valence-corrected chi connectivity index (χ1v) is 5.60. The van der Waals surface area contributed by atoms with Crippen molar-refractivity contribution < 1.29 is 9.59 Å². The zero-order valence-corrected chi connectivity index (χ0v) is 9.71. The first-order chi connectivity index (χ1) is 7.07. The summed E-state index contributed by atoms with van der Waals surface area (Å²) in [5, 5.41) is 2.82. The molecule has 0 rings (SSSR count). The van der Waals surface area contributed by atoms with Gasteiger partial charge in [-0.3, -0.25) is 9.59 Å². The van der Waals surface area contributed by atoms with E-state index in [0.717, 1.165) is 19.3 Å². The second-order valence-electron chi connectivity index (χ2n) is 3.81. The normalized spacial score (nSPS) is 12.2. The molecule has 0 aromatic rings. The van der Waals surface area contributed by atoms with Gasteiger partial charge in [-0.05, 0) is 32.6 Å². The average Bonchev–Trinajstić information content (AvgIpc) is 2.17. The fourth-order valence-corrected chi connectivity index (χ4v) is 1.24. The Kier molecular flexibility index (Phi) is 7.91. The van der Waals surface area contributed by atoms with Gasteiger partial charge in [-0.25, -0.2) is 0 Å². The highest BCUT2D eigenvalue weighted by Gasteiger charge is 2.06. The third-order valence-corrected chi connectivity index (χ3v) is 2.26. The molecule has 0 aliphatic rings. The lowest BCUT2D eigenvalue weighted by Gasteiger charge is -2.07. The summed E-state index contributed by atoms with van der Waals surface area (Å²) < 4.78 is 0. The summed E-state index contributed by atoms with van der Waals surface area (Å²) in [7, 11) is 0. The van der Waals surface area contributed by atoms with E-state index in [4.69, 9.17) is 5.73 Å². The first-order valence-electron chi connectivity index (χ1n) is 5.60. The second kappa shape index (κ2) is 8.41. The molecular formula is C11H22N2O2. The molecule has 0 fully saturated rings. The van der Waals surface area contributed by atoms with Crippen molar-refractivity contribution in [1.82, 2.24) is 5.32 Å². The van der Waals surface area contributed by atoms with E-state index < -0.39 is 0 Å². The number of nitrogens with one attached hydrogen (secondary N) is 1. The Bertz CT molecular complexity index is 205. The number of ketones is 1. The van der Waals surface area contributed by atoms with Gasteiger partial charge in [0.2, 0.25) is 5.91 Å². The highest BCUT2D eigenvalue weighted by molar-refractivity contribution is 5.81. The monoisotopic (exact) mass is 214 g/mol. The number of carbonyl (C=O) groups excluding carboxylic acids is 2. The Labute approximate surface area is 91.6 Å². The summed E-state index contributed by atoms with van der Waals surface area (Å²) in [6.07, 6.45) is 3.94. The number of Topliss-reactive ketones (excluding diaryl/α,β-unsaturated/α-hetero) is 1. The molecule has 0 saturated heterocycles. The van der Waals surface area contributed by atoms with Crippen molar-refractivity contribution >= 4 is 11.7 Å². The summed E-state index contributed by atoms with van der Waals surface area (Å²) in [5.41, 5.74) is 5.57. The van der Waals surface area contributed by atoms with Gasteiger partial charge in [0, 0.05) is 13.0 Å². The van der Waals surface area contributed by atoms with Crippen LogP contribution in [0.4, 0.5) is 0 Å². The lowest BCUT2D eigenvalue weighted by Crippen LogP contribution is -2.28. The van der Waals surface area contributed by atoms with Gasteiger partial charge < -0.3 is 11.1 Å². The SMILES string of the molecule is CCCC(=O)NCCCC[C@H](N)C(C)=O. The number of nitrogens with two attached hydrogens (primary N) is 1. The van der Waals surface area contributed by atoms with E-state index in [2.05, 4.69) is 5.32 Å². The average molecular weight is 214 g/mol. The molecule has 0 aliphatic carbocycles. The lowest BCUT2D eigenvalue weighted by molar-refractivity contribution is -0.121. The van der Waals surface area contributed by atoms with Gasteiger partial charge in [-0.1, -0.05) is 6.92 Å². The third kappa shape index (κ3) is 8.12. The molecule has 0 aliphatic heterocycles. The van der Waals surface area contributed by atoms with Crippen molar-refractivity contribution in [3.8, 4) is 0 Å². The Morgan fingerprint density at radius 1 is 1.33 bits per heavy atom. The first kappa shape index (κ1) is 14.1. The van der Waals surface area contributed by atoms with Gasteiger partial charge in [-0.15, -0.1) is 0 Å². The van der Waals surface area contributed by atoms with Gasteiger partial charge in [0.25, 0.3) is 0 Å². The van der Waals surface area contributed by atoms with E-state index >= 15 is 0 Å². The van der Waals surface area contributed by atoms with E-state index in [1.165, 1.54) is 6.92 Å². The quantitative estimate of drug-likeness (QED) is 0.592. The number of carbonyl (C=O) groups is 2. The second-order valence-corrected chi connectivity index (χ2v) is 3.81. The maximum Gasteiger partial charge on any atom is 0.219 e. The van der Waals surface area contributed by atoms with Crippen LogP contribution in [0.15, 0.2) is 0 Å². The minimum Gasteiger partial charge on any atom is -0.356 e. The third-order valence-electron chi connectivity index (χ3n) is 2.26. The molecule has 15 heavy (non-hydrogen) atoms. The number of hydrogen-bond acceptors (Lipinski definition) is 3. The number of amides is 1. The Morgan fingerprint density at radius 2 is 2.00 bits per heavy atom. The van der Waals surface area contributed by atoms with E-state index in [1.54, 1.807) is 0 Å². The van der Waals surface area contributed by atoms with Crippen molar-refractivity contribution in [3.63, 3.8) is 0 Å². The number of hydrogen-bond donors (Lipinski definition) is 2. The fourth-order valence-electron chi connectivity index (χ4n) is 1.24. The summed E-state index contributed by atoms with van der Waals surface area (Å²) in [6, 6.07) is -0.337. The van der Waals surface area contributed by atoms with Crippen LogP contribution < -0.4 is 11.1 Å². The fraction of sp³-hybridized carbons (Fsp3) is 0.818. The van der Waals surface area contributed by atoms with Crippen molar-refractivity contribution in [1.29, 1.82) is 0 Å². The lowest BCUT2D eigenvalue weighted by atomic mass is 10.1. The van der Waals surface area contributed by atoms with Gasteiger partial charge in [0.15, 0.2) is 0 Å². The zero-order chi connectivity index (χ0) is 11.7. The molecule has 0 heterocycles. The zero-order valence-electron chi connectivity index (χ0n) is 9.71. The minimum atomic E-state index is -0.337. The maximum absolute atomic E-state index is 11.1. The van der Waals surface area contributed by atoms with Gasteiger partial charge in [0.05, 0.1) is 6.04 Å². The minimum absolute atomic E-state index is 0.0324. The standard InChI is InChI=1S/C11H22N2O2/c1-3-6-11(15)13-8-5-4-7-10(12)9(2)14/h10H,3-8,12H2,1-2H3,(H,13,15)/t10-/m0/s1. The molecule has 4 heteroatoms. The molecule has 1 amide bonds. The van der Waals surface area contributed by atoms with Crippen LogP contribution >= 0.6 is 0 Å². The van der Waals surface area contributed by atoms with Crippen molar-refractivity contribution in [2.75, 3.05) is 6.54 Å². The van der Waals surface area contributed by atoms with Crippen molar-refractivity contribution in [2.24, 2.45) is 5.73 Å². The molecule has 0 spiro atoms. The van der Waals surface area contributed by atoms with Crippen molar-refractivity contribution in [2.45, 2.75) is 52.0 Å². The molecule has 0 saturated carbocycles. The molecule has 0 aromatic heterocycles. The summed E-state index contributed by atoms with van der Waals surface area (Å²) in [5.74, 6) is 0.137. The van der Waals surface area contributed by atoms with Crippen LogP contribution in [0.5, 0.6) is 0 Å². The Morgan fingerprint density at radius 3 is 2.53 bits per heavy atom. The molecule has 0 aromatic carbocycles. The molecule has 88 valence electrons. The molecule has 0 unspecified atom stereocenters. The molecular weight excluding hydrogens is 192 g/mol. The highest BCUT2D eigenvalue weighted by Crippen LogP contribution is 1.99. The van der Waals surface area contributed by atoms with Crippen LogP contribution in [0, 0.1) is 0 Å². The molecule has 4 nitrogen and oxygen atoms in total. The Balaban J connectivity index is 3.32. The smallest absolute Gasteiger partial charge is 0.219 e. The summed E-state index contributed by atoms with van der Waals surface area (Å²) in [6.45, 7) is 4.17. The van der Waals surface area contributed by atoms with Crippen LogP contribution in [0.2, 0.25) is 0 Å². The predicted octanol–water partition coefficient (Wildman–Crippen LogP) is 0.989. The van der Waals surface area contributed by atoms with Gasteiger partial charge >= 0.3 is 0 Å². The molecule has 1 atom stereocenters. The number of rotatable bonds is 8. The van der Waals surface area contributed by atoms with Crippen LogP contribution in [0.3, 0.4) is 0 Å². The highest BCUT2D eigenvalue weighted by atomic mass is 16.1. The molecule has 0 bridgehead atoms.